The third kappa shape index (κ3) is 4.30. The summed E-state index contributed by atoms with van der Waals surface area (Å²) in [5, 5.41) is 16.4. The molecule has 0 heterocycles. The molecule has 0 spiro atoms. The maximum Gasteiger partial charge on any atom is 0.257 e. The van der Waals surface area contributed by atoms with Gasteiger partial charge in [-0.05, 0) is 25.0 Å². The van der Waals surface area contributed by atoms with Crippen molar-refractivity contribution in [1.29, 1.82) is 0 Å². The first kappa shape index (κ1) is 20.5. The fraction of sp³-hybridized carbons (Fsp3) is 0.450. The van der Waals surface area contributed by atoms with Gasteiger partial charge in [0.05, 0.1) is 11.3 Å². The molecule has 2 aromatic rings. The average Bonchev–Trinajstić information content (AvgIpc) is 2.65. The minimum atomic E-state index is -0.631. The molecule has 0 aromatic heterocycles. The van der Waals surface area contributed by atoms with E-state index < -0.39 is 10.9 Å². The van der Waals surface area contributed by atoms with Crippen molar-refractivity contribution in [1.82, 2.24) is 4.90 Å². The Morgan fingerprint density at radius 1 is 1.07 bits per heavy atom. The van der Waals surface area contributed by atoms with Crippen molar-refractivity contribution in [2.75, 3.05) is 24.7 Å². The predicted molar refractivity (Wildman–Crippen MR) is 108 cm³/mol. The molecule has 146 valence electrons. The first-order valence-electron chi connectivity index (χ1n) is 9.22. The molecule has 7 nitrogen and oxygen atoms in total. The van der Waals surface area contributed by atoms with Gasteiger partial charge in [0.1, 0.15) is 11.4 Å². The van der Waals surface area contributed by atoms with Gasteiger partial charge in [-0.3, -0.25) is 14.4 Å². The molecule has 2 aromatic carbocycles. The van der Waals surface area contributed by atoms with E-state index in [4.69, 9.17) is 0 Å². The molecule has 0 bridgehead atoms. The molecule has 0 atom stereocenters. The smallest absolute Gasteiger partial charge is 0.257 e. The normalized spacial score (nSPS) is 11.0. The van der Waals surface area contributed by atoms with Gasteiger partial charge in [0, 0.05) is 20.1 Å². The van der Waals surface area contributed by atoms with Crippen molar-refractivity contribution in [2.45, 2.75) is 45.6 Å². The highest BCUT2D eigenvalue weighted by molar-refractivity contribution is 5.99. The Balaban J connectivity index is 2.31. The zero-order valence-electron chi connectivity index (χ0n) is 16.3. The Morgan fingerprint density at radius 3 is 2.22 bits per heavy atom. The summed E-state index contributed by atoms with van der Waals surface area (Å²) in [5.74, 6) is -0.612. The summed E-state index contributed by atoms with van der Waals surface area (Å²) in [6, 6.07) is 4.77. The molecule has 0 aliphatic heterocycles. The number of anilines is 3. The van der Waals surface area contributed by atoms with Crippen LogP contribution < -0.4 is 21.5 Å². The largest absolute Gasteiger partial charge is 0.505 e. The highest BCUT2D eigenvalue weighted by atomic mass is 16.3. The molecular formula is C20H27N3O4. The number of amides is 1. The van der Waals surface area contributed by atoms with Crippen molar-refractivity contribution < 1.29 is 9.90 Å². The highest BCUT2D eigenvalue weighted by Gasteiger charge is 2.25. The van der Waals surface area contributed by atoms with Crippen LogP contribution in [-0.4, -0.2) is 36.1 Å². The van der Waals surface area contributed by atoms with Gasteiger partial charge in [0.25, 0.3) is 16.8 Å². The molecule has 0 radical (unpaired) electrons. The fourth-order valence-electron chi connectivity index (χ4n) is 3.03. The van der Waals surface area contributed by atoms with Crippen molar-refractivity contribution in [2.24, 2.45) is 0 Å². The number of benzene rings is 1. The van der Waals surface area contributed by atoms with Crippen molar-refractivity contribution >= 4 is 23.0 Å². The number of phenols is 1. The van der Waals surface area contributed by atoms with Gasteiger partial charge in [-0.15, -0.1) is 0 Å². The first-order chi connectivity index (χ1) is 12.8. The van der Waals surface area contributed by atoms with E-state index >= 15 is 0 Å². The van der Waals surface area contributed by atoms with Crippen LogP contribution in [0, 0.1) is 0 Å². The van der Waals surface area contributed by atoms with E-state index in [1.54, 1.807) is 26.2 Å². The average molecular weight is 373 g/mol. The van der Waals surface area contributed by atoms with Gasteiger partial charge in [0.15, 0.2) is 5.75 Å². The molecule has 7 heteroatoms. The van der Waals surface area contributed by atoms with Gasteiger partial charge >= 0.3 is 0 Å². The minimum absolute atomic E-state index is 0.110. The molecule has 1 amide bonds. The topological polar surface area (TPSA) is 98.7 Å². The van der Waals surface area contributed by atoms with Gasteiger partial charge in [-0.1, -0.05) is 32.8 Å². The van der Waals surface area contributed by atoms with Crippen molar-refractivity contribution in [3.05, 3.63) is 44.2 Å². The standard InChI is InChI=1S/C20H27N3O4/c1-5-8-12(9-6-2)21-15-16(19(26)18(15)25)22-14-11-7-10-13(17(14)24)20(27)23(3)4/h7,10-12,21-22,24H,5-6,8-9H2,1-4H3. The van der Waals surface area contributed by atoms with Crippen LogP contribution in [0.25, 0.3) is 0 Å². The molecule has 0 saturated heterocycles. The second-order valence-corrected chi connectivity index (χ2v) is 6.85. The first-order valence-corrected chi connectivity index (χ1v) is 9.22. The minimum Gasteiger partial charge on any atom is -0.505 e. The number of hydrogen-bond acceptors (Lipinski definition) is 6. The maximum atomic E-state index is 12.1. The summed E-state index contributed by atoms with van der Waals surface area (Å²) in [6.45, 7) is 4.13. The van der Waals surface area contributed by atoms with Gasteiger partial charge in [-0.2, -0.15) is 0 Å². The second-order valence-electron chi connectivity index (χ2n) is 6.85. The molecule has 0 unspecified atom stereocenters. The Hall–Kier alpha value is -2.83. The predicted octanol–water partition coefficient (Wildman–Crippen LogP) is 2.81. The molecule has 0 aliphatic rings. The van der Waals surface area contributed by atoms with Gasteiger partial charge in [-0.25, -0.2) is 0 Å². The van der Waals surface area contributed by atoms with E-state index in [1.807, 2.05) is 0 Å². The Bertz CT molecular complexity index is 876. The zero-order chi connectivity index (χ0) is 20.1. The van der Waals surface area contributed by atoms with Crippen LogP contribution in [0.2, 0.25) is 0 Å². The molecule has 3 N–H and O–H groups in total. The second kappa shape index (κ2) is 8.70. The lowest BCUT2D eigenvalue weighted by Gasteiger charge is -2.22. The molecule has 0 fully saturated rings. The zero-order valence-corrected chi connectivity index (χ0v) is 16.3. The number of phenolic OH excluding ortho intramolecular Hbond substituents is 1. The summed E-state index contributed by atoms with van der Waals surface area (Å²) >= 11 is 0. The Kier molecular flexibility index (Phi) is 6.60. The summed E-state index contributed by atoms with van der Waals surface area (Å²) < 4.78 is 0. The third-order valence-corrected chi connectivity index (χ3v) is 4.47. The van der Waals surface area contributed by atoms with Crippen LogP contribution in [0.1, 0.15) is 49.9 Å². The molecule has 2 rings (SSSR count). The van der Waals surface area contributed by atoms with Gasteiger partial charge in [0.2, 0.25) is 0 Å². The quantitative estimate of drug-likeness (QED) is 0.462. The number of nitrogens with zero attached hydrogens (tertiary/aromatic N) is 1. The molecule has 0 saturated carbocycles. The number of aromatic hydroxyl groups is 1. The van der Waals surface area contributed by atoms with E-state index in [0.717, 1.165) is 25.7 Å². The molecular weight excluding hydrogens is 346 g/mol. The van der Waals surface area contributed by atoms with E-state index in [0.29, 0.717) is 0 Å². The third-order valence-electron chi connectivity index (χ3n) is 4.47. The van der Waals surface area contributed by atoms with Crippen molar-refractivity contribution in [3.63, 3.8) is 0 Å². The van der Waals surface area contributed by atoms with Crippen LogP contribution in [0.4, 0.5) is 17.1 Å². The summed E-state index contributed by atoms with van der Waals surface area (Å²) in [7, 11) is 3.17. The van der Waals surface area contributed by atoms with Crippen LogP contribution >= 0.6 is 0 Å². The molecule has 27 heavy (non-hydrogen) atoms. The van der Waals surface area contributed by atoms with Crippen molar-refractivity contribution in [3.8, 4) is 5.75 Å². The molecule has 0 aliphatic carbocycles. The number of rotatable bonds is 9. The van der Waals surface area contributed by atoms with Crippen LogP contribution in [-0.2, 0) is 0 Å². The SMILES string of the molecule is CCCC(CCC)Nc1c(Nc2cccc(C(=O)N(C)C)c2O)c(=O)c1=O. The lowest BCUT2D eigenvalue weighted by atomic mass is 10.0. The van der Waals surface area contributed by atoms with Crippen LogP contribution in [0.5, 0.6) is 5.75 Å². The lowest BCUT2D eigenvalue weighted by molar-refractivity contribution is 0.0824. The summed E-state index contributed by atoms with van der Waals surface area (Å²) in [6.07, 6.45) is 3.71. The van der Waals surface area contributed by atoms with Crippen LogP contribution in [0.15, 0.2) is 27.8 Å². The van der Waals surface area contributed by atoms with E-state index in [1.165, 1.54) is 11.0 Å². The monoisotopic (exact) mass is 373 g/mol. The fourth-order valence-corrected chi connectivity index (χ4v) is 3.03. The Morgan fingerprint density at radius 2 is 1.67 bits per heavy atom. The highest BCUT2D eigenvalue weighted by Crippen LogP contribution is 2.32. The number of nitrogens with one attached hydrogen (secondary N) is 2. The van der Waals surface area contributed by atoms with Gasteiger partial charge < -0.3 is 20.6 Å². The number of para-hydroxylation sites is 1. The lowest BCUT2D eigenvalue weighted by Crippen LogP contribution is -2.39. The van der Waals surface area contributed by atoms with Crippen LogP contribution in [0.3, 0.4) is 0 Å². The van der Waals surface area contributed by atoms with E-state index in [-0.39, 0.29) is 40.3 Å². The van der Waals surface area contributed by atoms with E-state index in [9.17, 15) is 19.5 Å². The van der Waals surface area contributed by atoms with E-state index in [2.05, 4.69) is 24.5 Å². The number of carbonyl (C=O) groups is 1. The number of hydrogen-bond donors (Lipinski definition) is 3. The number of carbonyl (C=O) groups excluding carboxylic acids is 1. The maximum absolute atomic E-state index is 12.1. The summed E-state index contributed by atoms with van der Waals surface area (Å²) in [4.78, 5) is 37.6. The summed E-state index contributed by atoms with van der Waals surface area (Å²) in [5.41, 5.74) is -0.492. The Labute approximate surface area is 158 Å².